The zero-order valence-electron chi connectivity index (χ0n) is 8.68. The third-order valence-electron chi connectivity index (χ3n) is 2.28. The molecule has 2 N–H and O–H groups in total. The summed E-state index contributed by atoms with van der Waals surface area (Å²) in [4.78, 5) is 0. The van der Waals surface area contributed by atoms with E-state index < -0.39 is 5.60 Å². The molecule has 1 heterocycles. The van der Waals surface area contributed by atoms with Gasteiger partial charge in [0, 0.05) is 25.8 Å². The summed E-state index contributed by atoms with van der Waals surface area (Å²) in [6.45, 7) is 6.06. The summed E-state index contributed by atoms with van der Waals surface area (Å²) in [6.07, 6.45) is 3.36. The molecule has 13 heavy (non-hydrogen) atoms. The first-order valence-corrected chi connectivity index (χ1v) is 5.11. The van der Waals surface area contributed by atoms with Gasteiger partial charge in [0.05, 0.1) is 5.60 Å². The predicted octanol–water partition coefficient (Wildman–Crippen LogP) is 0.916. The monoisotopic (exact) mass is 187 g/mol. The van der Waals surface area contributed by atoms with Crippen molar-refractivity contribution in [2.75, 3.05) is 19.8 Å². The number of ether oxygens (including phenoxy) is 1. The summed E-state index contributed by atoms with van der Waals surface area (Å²) >= 11 is 0. The van der Waals surface area contributed by atoms with Gasteiger partial charge < -0.3 is 15.2 Å². The first kappa shape index (κ1) is 11.0. The normalized spacial score (nSPS) is 25.6. The fourth-order valence-electron chi connectivity index (χ4n) is 1.50. The minimum atomic E-state index is -0.604. The summed E-state index contributed by atoms with van der Waals surface area (Å²) in [5, 5.41) is 12.9. The van der Waals surface area contributed by atoms with Gasteiger partial charge in [-0.3, -0.25) is 0 Å². The Kier molecular flexibility index (Phi) is 4.16. The fraction of sp³-hybridized carbons (Fsp3) is 1.00. The summed E-state index contributed by atoms with van der Waals surface area (Å²) in [6, 6.07) is 0.522. The average Bonchev–Trinajstić information content (AvgIpc) is 2.26. The van der Waals surface area contributed by atoms with Crippen LogP contribution in [0.4, 0.5) is 0 Å². The molecular weight excluding hydrogens is 166 g/mol. The van der Waals surface area contributed by atoms with E-state index in [1.54, 1.807) is 0 Å². The molecule has 0 saturated carbocycles. The summed E-state index contributed by atoms with van der Waals surface area (Å²) in [7, 11) is 0. The molecule has 1 unspecified atom stereocenters. The van der Waals surface area contributed by atoms with Gasteiger partial charge in [0.25, 0.3) is 0 Å². The quantitative estimate of drug-likeness (QED) is 0.690. The molecule has 3 nitrogen and oxygen atoms in total. The van der Waals surface area contributed by atoms with Gasteiger partial charge in [-0.05, 0) is 33.1 Å². The minimum absolute atomic E-state index is 0.522. The second-order valence-electron chi connectivity index (χ2n) is 4.43. The van der Waals surface area contributed by atoms with Crippen LogP contribution in [-0.2, 0) is 4.74 Å². The van der Waals surface area contributed by atoms with Gasteiger partial charge in [0.2, 0.25) is 0 Å². The van der Waals surface area contributed by atoms with Crippen molar-refractivity contribution in [1.29, 1.82) is 0 Å². The lowest BCUT2D eigenvalue weighted by molar-refractivity contribution is 0.0750. The van der Waals surface area contributed by atoms with Crippen LogP contribution in [0.1, 0.15) is 33.1 Å². The zero-order chi connectivity index (χ0) is 9.73. The third-order valence-corrected chi connectivity index (χ3v) is 2.28. The van der Waals surface area contributed by atoms with Gasteiger partial charge in [-0.25, -0.2) is 0 Å². The van der Waals surface area contributed by atoms with E-state index in [0.29, 0.717) is 12.6 Å². The van der Waals surface area contributed by atoms with Gasteiger partial charge in [0.1, 0.15) is 0 Å². The molecule has 0 aliphatic carbocycles. The van der Waals surface area contributed by atoms with Gasteiger partial charge in [0.15, 0.2) is 0 Å². The standard InChI is InChI=1S/C10H21NO2/c1-10(2,12)8-11-9-4-3-6-13-7-5-9/h9,11-12H,3-8H2,1-2H3. The second kappa shape index (κ2) is 4.94. The van der Waals surface area contributed by atoms with Crippen LogP contribution in [0.2, 0.25) is 0 Å². The maximum Gasteiger partial charge on any atom is 0.0715 e. The van der Waals surface area contributed by atoms with E-state index in [-0.39, 0.29) is 0 Å². The highest BCUT2D eigenvalue weighted by molar-refractivity contribution is 4.75. The van der Waals surface area contributed by atoms with Crippen molar-refractivity contribution in [2.24, 2.45) is 0 Å². The van der Waals surface area contributed by atoms with E-state index in [9.17, 15) is 5.11 Å². The Hall–Kier alpha value is -0.120. The fourth-order valence-corrected chi connectivity index (χ4v) is 1.50. The lowest BCUT2D eigenvalue weighted by Crippen LogP contribution is -2.40. The maximum absolute atomic E-state index is 9.52. The van der Waals surface area contributed by atoms with Crippen LogP contribution in [0.15, 0.2) is 0 Å². The predicted molar refractivity (Wildman–Crippen MR) is 52.8 cm³/mol. The molecule has 1 fully saturated rings. The molecule has 0 aromatic heterocycles. The second-order valence-corrected chi connectivity index (χ2v) is 4.43. The van der Waals surface area contributed by atoms with Gasteiger partial charge in [-0.2, -0.15) is 0 Å². The van der Waals surface area contributed by atoms with E-state index in [0.717, 1.165) is 32.5 Å². The van der Waals surface area contributed by atoms with Crippen molar-refractivity contribution >= 4 is 0 Å². The lowest BCUT2D eigenvalue weighted by atomic mass is 10.1. The van der Waals surface area contributed by atoms with E-state index in [1.165, 1.54) is 0 Å². The van der Waals surface area contributed by atoms with Crippen molar-refractivity contribution < 1.29 is 9.84 Å². The van der Waals surface area contributed by atoms with Crippen LogP contribution >= 0.6 is 0 Å². The SMILES string of the molecule is CC(C)(O)CNC1CCCOCC1. The van der Waals surface area contributed by atoms with Crippen molar-refractivity contribution in [3.05, 3.63) is 0 Å². The number of aliphatic hydroxyl groups is 1. The first-order chi connectivity index (χ1) is 6.08. The van der Waals surface area contributed by atoms with Gasteiger partial charge in [-0.15, -0.1) is 0 Å². The molecule has 1 aliphatic heterocycles. The smallest absolute Gasteiger partial charge is 0.0715 e. The maximum atomic E-state index is 9.52. The zero-order valence-corrected chi connectivity index (χ0v) is 8.68. The Balaban J connectivity index is 2.19. The van der Waals surface area contributed by atoms with Gasteiger partial charge in [-0.1, -0.05) is 0 Å². The molecule has 0 aromatic rings. The topological polar surface area (TPSA) is 41.5 Å². The molecule has 1 aliphatic rings. The molecule has 1 rings (SSSR count). The highest BCUT2D eigenvalue weighted by Crippen LogP contribution is 2.09. The van der Waals surface area contributed by atoms with E-state index in [4.69, 9.17) is 4.74 Å². The Labute approximate surface area is 80.5 Å². The highest BCUT2D eigenvalue weighted by atomic mass is 16.5. The largest absolute Gasteiger partial charge is 0.389 e. The highest BCUT2D eigenvalue weighted by Gasteiger charge is 2.16. The van der Waals surface area contributed by atoms with Crippen LogP contribution in [-0.4, -0.2) is 36.5 Å². The molecule has 1 saturated heterocycles. The molecule has 1 atom stereocenters. The van der Waals surface area contributed by atoms with Crippen LogP contribution < -0.4 is 5.32 Å². The lowest BCUT2D eigenvalue weighted by Gasteiger charge is -2.22. The third kappa shape index (κ3) is 5.24. The number of rotatable bonds is 3. The van der Waals surface area contributed by atoms with Crippen LogP contribution in [0.5, 0.6) is 0 Å². The van der Waals surface area contributed by atoms with Crippen molar-refractivity contribution in [2.45, 2.75) is 44.8 Å². The Morgan fingerprint density at radius 3 is 2.85 bits per heavy atom. The Morgan fingerprint density at radius 2 is 2.15 bits per heavy atom. The number of hydrogen-bond donors (Lipinski definition) is 2. The van der Waals surface area contributed by atoms with Crippen molar-refractivity contribution in [3.63, 3.8) is 0 Å². The summed E-state index contributed by atoms with van der Waals surface area (Å²) in [5.41, 5.74) is -0.604. The minimum Gasteiger partial charge on any atom is -0.389 e. The summed E-state index contributed by atoms with van der Waals surface area (Å²) in [5.74, 6) is 0. The van der Waals surface area contributed by atoms with Crippen LogP contribution in [0, 0.1) is 0 Å². The molecular formula is C10H21NO2. The number of nitrogens with one attached hydrogen (secondary N) is 1. The van der Waals surface area contributed by atoms with Crippen LogP contribution in [0.25, 0.3) is 0 Å². The van der Waals surface area contributed by atoms with Crippen molar-refractivity contribution in [1.82, 2.24) is 5.32 Å². The van der Waals surface area contributed by atoms with E-state index in [1.807, 2.05) is 13.8 Å². The first-order valence-electron chi connectivity index (χ1n) is 5.11. The van der Waals surface area contributed by atoms with E-state index >= 15 is 0 Å². The van der Waals surface area contributed by atoms with Crippen LogP contribution in [0.3, 0.4) is 0 Å². The molecule has 0 radical (unpaired) electrons. The molecule has 0 aromatic carbocycles. The Morgan fingerprint density at radius 1 is 1.38 bits per heavy atom. The molecule has 0 bridgehead atoms. The number of hydrogen-bond acceptors (Lipinski definition) is 3. The molecule has 0 amide bonds. The average molecular weight is 187 g/mol. The van der Waals surface area contributed by atoms with Gasteiger partial charge >= 0.3 is 0 Å². The Bertz CT molecular complexity index is 134. The van der Waals surface area contributed by atoms with E-state index in [2.05, 4.69) is 5.32 Å². The molecule has 3 heteroatoms. The van der Waals surface area contributed by atoms with Crippen molar-refractivity contribution in [3.8, 4) is 0 Å². The summed E-state index contributed by atoms with van der Waals surface area (Å²) < 4.78 is 5.35. The molecule has 78 valence electrons. The molecule has 0 spiro atoms.